The summed E-state index contributed by atoms with van der Waals surface area (Å²) in [6.07, 6.45) is 1.69. The second-order valence-electron chi connectivity index (χ2n) is 4.70. The lowest BCUT2D eigenvalue weighted by molar-refractivity contribution is 0.918. The molecule has 0 bridgehead atoms. The van der Waals surface area contributed by atoms with Crippen LogP contribution < -0.4 is 0 Å². The molecule has 22 heavy (non-hydrogen) atoms. The van der Waals surface area contributed by atoms with E-state index < -0.39 is 0 Å². The smallest absolute Gasteiger partial charge is 0.240 e. The Bertz CT molecular complexity index is 949. The molecule has 2 heterocycles. The zero-order valence-electron chi connectivity index (χ0n) is 11.4. The van der Waals surface area contributed by atoms with Gasteiger partial charge in [-0.3, -0.25) is 4.57 Å². The fraction of sp³-hybridized carbons (Fsp3) is 0. The van der Waals surface area contributed by atoms with Crippen LogP contribution in [0.4, 0.5) is 0 Å². The zero-order valence-corrected chi connectivity index (χ0v) is 12.1. The van der Waals surface area contributed by atoms with Gasteiger partial charge in [0.1, 0.15) is 6.33 Å². The van der Waals surface area contributed by atoms with Crippen LogP contribution in [0.5, 0.6) is 0 Å². The molecule has 0 aliphatic rings. The fourth-order valence-electron chi connectivity index (χ4n) is 2.28. The Hall–Kier alpha value is -2.79. The first kappa shape index (κ1) is 12.9. The maximum Gasteiger partial charge on any atom is 0.240 e. The van der Waals surface area contributed by atoms with Crippen molar-refractivity contribution in [2.24, 2.45) is 0 Å². The maximum absolute atomic E-state index is 6.07. The van der Waals surface area contributed by atoms with Gasteiger partial charge in [-0.05, 0) is 23.7 Å². The maximum atomic E-state index is 6.07. The molecule has 0 fully saturated rings. The van der Waals surface area contributed by atoms with Crippen molar-refractivity contribution in [3.63, 3.8) is 0 Å². The summed E-state index contributed by atoms with van der Waals surface area (Å²) in [4.78, 5) is 17.3. The standard InChI is InChI=1S/C16H10ClN5/c17-15-19-14(11-6-2-1-3-7-11)20-16(21-15)22-10-18-12-8-4-5-9-13(12)22/h1-10H. The predicted molar refractivity (Wildman–Crippen MR) is 84.9 cm³/mol. The van der Waals surface area contributed by atoms with Crippen LogP contribution >= 0.6 is 11.6 Å². The topological polar surface area (TPSA) is 56.5 Å². The third-order valence-corrected chi connectivity index (χ3v) is 3.47. The lowest BCUT2D eigenvalue weighted by Gasteiger charge is -2.05. The molecule has 0 N–H and O–H groups in total. The van der Waals surface area contributed by atoms with Gasteiger partial charge in [-0.25, -0.2) is 4.98 Å². The Morgan fingerprint density at radius 3 is 2.45 bits per heavy atom. The average molecular weight is 308 g/mol. The second-order valence-corrected chi connectivity index (χ2v) is 5.04. The molecule has 2 aromatic heterocycles. The summed E-state index contributed by atoms with van der Waals surface area (Å²) in [6, 6.07) is 17.4. The number of hydrogen-bond acceptors (Lipinski definition) is 4. The van der Waals surface area contributed by atoms with Crippen LogP contribution in [0.3, 0.4) is 0 Å². The Morgan fingerprint density at radius 1 is 0.818 bits per heavy atom. The van der Waals surface area contributed by atoms with Gasteiger partial charge in [-0.1, -0.05) is 42.5 Å². The van der Waals surface area contributed by atoms with E-state index in [2.05, 4.69) is 19.9 Å². The highest BCUT2D eigenvalue weighted by Crippen LogP contribution is 2.20. The SMILES string of the molecule is Clc1nc(-c2ccccc2)nc(-n2cnc3ccccc32)n1. The van der Waals surface area contributed by atoms with Gasteiger partial charge in [0.25, 0.3) is 0 Å². The van der Waals surface area contributed by atoms with Gasteiger partial charge in [-0.15, -0.1) is 0 Å². The van der Waals surface area contributed by atoms with E-state index in [0.29, 0.717) is 11.8 Å². The van der Waals surface area contributed by atoms with Crippen LogP contribution in [0.1, 0.15) is 0 Å². The number of benzene rings is 2. The molecule has 0 atom stereocenters. The first-order chi connectivity index (χ1) is 10.8. The minimum Gasteiger partial charge on any atom is -0.267 e. The van der Waals surface area contributed by atoms with E-state index in [-0.39, 0.29) is 5.28 Å². The molecule has 0 radical (unpaired) electrons. The van der Waals surface area contributed by atoms with Crippen molar-refractivity contribution in [1.29, 1.82) is 0 Å². The molecule has 0 unspecified atom stereocenters. The highest BCUT2D eigenvalue weighted by atomic mass is 35.5. The van der Waals surface area contributed by atoms with E-state index in [4.69, 9.17) is 11.6 Å². The number of hydrogen-bond donors (Lipinski definition) is 0. The van der Waals surface area contributed by atoms with Gasteiger partial charge in [0, 0.05) is 5.56 Å². The number of halogens is 1. The molecule has 5 nitrogen and oxygen atoms in total. The van der Waals surface area contributed by atoms with Gasteiger partial charge in [0.05, 0.1) is 11.0 Å². The molecule has 0 saturated heterocycles. The van der Waals surface area contributed by atoms with Gasteiger partial charge < -0.3 is 0 Å². The first-order valence-electron chi connectivity index (χ1n) is 6.71. The molecule has 4 aromatic rings. The number of imidazole rings is 1. The van der Waals surface area contributed by atoms with Crippen molar-refractivity contribution in [3.05, 3.63) is 66.2 Å². The quantitative estimate of drug-likeness (QED) is 0.568. The molecule has 0 aliphatic carbocycles. The number of para-hydroxylation sites is 2. The molecule has 106 valence electrons. The van der Waals surface area contributed by atoms with Crippen molar-refractivity contribution >= 4 is 22.6 Å². The summed E-state index contributed by atoms with van der Waals surface area (Å²) in [5.74, 6) is 0.987. The molecule has 0 saturated carbocycles. The highest BCUT2D eigenvalue weighted by molar-refractivity contribution is 6.28. The van der Waals surface area contributed by atoms with E-state index in [1.807, 2.05) is 54.6 Å². The highest BCUT2D eigenvalue weighted by Gasteiger charge is 2.11. The summed E-state index contributed by atoms with van der Waals surface area (Å²) in [5.41, 5.74) is 2.68. The Morgan fingerprint density at radius 2 is 1.59 bits per heavy atom. The summed E-state index contributed by atoms with van der Waals surface area (Å²) < 4.78 is 1.80. The molecular weight excluding hydrogens is 298 g/mol. The van der Waals surface area contributed by atoms with Crippen LogP contribution in [-0.2, 0) is 0 Å². The molecule has 2 aromatic carbocycles. The summed E-state index contributed by atoms with van der Waals surface area (Å²) in [6.45, 7) is 0. The third-order valence-electron chi connectivity index (χ3n) is 3.30. The zero-order chi connectivity index (χ0) is 14.9. The Kier molecular flexibility index (Phi) is 3.05. The lowest BCUT2D eigenvalue weighted by Crippen LogP contribution is -2.03. The Balaban J connectivity index is 1.91. The molecule has 0 aliphatic heterocycles. The normalized spacial score (nSPS) is 11.0. The van der Waals surface area contributed by atoms with E-state index in [1.54, 1.807) is 10.9 Å². The minimum atomic E-state index is 0.154. The minimum absolute atomic E-state index is 0.154. The molecule has 4 rings (SSSR count). The number of nitrogens with zero attached hydrogens (tertiary/aromatic N) is 5. The van der Waals surface area contributed by atoms with Gasteiger partial charge in [0.15, 0.2) is 5.82 Å². The van der Waals surface area contributed by atoms with Crippen LogP contribution in [-0.4, -0.2) is 24.5 Å². The van der Waals surface area contributed by atoms with Gasteiger partial charge >= 0.3 is 0 Å². The number of aromatic nitrogens is 5. The summed E-state index contributed by atoms with van der Waals surface area (Å²) in [7, 11) is 0. The van der Waals surface area contributed by atoms with Crippen LogP contribution in [0, 0.1) is 0 Å². The van der Waals surface area contributed by atoms with Crippen LogP contribution in [0.25, 0.3) is 28.4 Å². The lowest BCUT2D eigenvalue weighted by atomic mass is 10.2. The first-order valence-corrected chi connectivity index (χ1v) is 7.08. The van der Waals surface area contributed by atoms with Crippen molar-refractivity contribution in [1.82, 2.24) is 24.5 Å². The van der Waals surface area contributed by atoms with Gasteiger partial charge in [0.2, 0.25) is 11.2 Å². The number of rotatable bonds is 2. The second kappa shape index (κ2) is 5.20. The van der Waals surface area contributed by atoms with Crippen molar-refractivity contribution in [2.45, 2.75) is 0 Å². The fourth-order valence-corrected chi connectivity index (χ4v) is 2.44. The van der Waals surface area contributed by atoms with E-state index in [1.165, 1.54) is 0 Å². The molecule has 6 heteroatoms. The monoisotopic (exact) mass is 307 g/mol. The number of fused-ring (bicyclic) bond motifs is 1. The van der Waals surface area contributed by atoms with Gasteiger partial charge in [-0.2, -0.15) is 15.0 Å². The third kappa shape index (κ3) is 2.21. The van der Waals surface area contributed by atoms with Crippen molar-refractivity contribution < 1.29 is 0 Å². The average Bonchev–Trinajstić information content (AvgIpc) is 2.99. The largest absolute Gasteiger partial charge is 0.267 e. The van der Waals surface area contributed by atoms with Crippen LogP contribution in [0.2, 0.25) is 5.28 Å². The van der Waals surface area contributed by atoms with Crippen molar-refractivity contribution in [2.75, 3.05) is 0 Å². The molecular formula is C16H10ClN5. The van der Waals surface area contributed by atoms with E-state index in [0.717, 1.165) is 16.6 Å². The van der Waals surface area contributed by atoms with E-state index >= 15 is 0 Å². The van der Waals surface area contributed by atoms with Crippen molar-refractivity contribution in [3.8, 4) is 17.3 Å². The molecule has 0 spiro atoms. The molecule has 0 amide bonds. The Labute approximate surface area is 131 Å². The van der Waals surface area contributed by atoms with E-state index in [9.17, 15) is 0 Å². The van der Waals surface area contributed by atoms with Crippen LogP contribution in [0.15, 0.2) is 60.9 Å². The summed E-state index contributed by atoms with van der Waals surface area (Å²) >= 11 is 6.07. The summed E-state index contributed by atoms with van der Waals surface area (Å²) in [5, 5.41) is 0.154. The predicted octanol–water partition coefficient (Wildman–Crippen LogP) is 3.53.